The first-order chi connectivity index (χ1) is 11.6. The summed E-state index contributed by atoms with van der Waals surface area (Å²) in [5, 5.41) is 14.2. The molecule has 2 aromatic heterocycles. The summed E-state index contributed by atoms with van der Waals surface area (Å²) in [7, 11) is 0. The number of benzene rings is 1. The summed E-state index contributed by atoms with van der Waals surface area (Å²) in [6, 6.07) is 11.5. The summed E-state index contributed by atoms with van der Waals surface area (Å²) < 4.78 is 0. The van der Waals surface area contributed by atoms with Crippen molar-refractivity contribution in [2.24, 2.45) is 0 Å². The average Bonchev–Trinajstić information content (AvgIpc) is 3.02. The van der Waals surface area contributed by atoms with E-state index in [1.807, 2.05) is 30.3 Å². The van der Waals surface area contributed by atoms with Crippen molar-refractivity contribution in [1.29, 1.82) is 0 Å². The molecule has 0 atom stereocenters. The monoisotopic (exact) mass is 324 g/mol. The maximum Gasteiger partial charge on any atom is 0.404 e. The number of carbonyl (C=O) groups is 2. The lowest BCUT2D eigenvalue weighted by Gasteiger charge is -2.03. The van der Waals surface area contributed by atoms with Crippen LogP contribution >= 0.6 is 0 Å². The zero-order valence-corrected chi connectivity index (χ0v) is 12.7. The van der Waals surface area contributed by atoms with E-state index in [-0.39, 0.29) is 19.0 Å². The van der Waals surface area contributed by atoms with E-state index < -0.39 is 6.09 Å². The Morgan fingerprint density at radius 3 is 2.67 bits per heavy atom. The first kappa shape index (κ1) is 15.5. The third-order valence-corrected chi connectivity index (χ3v) is 3.55. The van der Waals surface area contributed by atoms with Gasteiger partial charge < -0.3 is 20.7 Å². The second-order valence-corrected chi connectivity index (χ2v) is 5.21. The highest BCUT2D eigenvalue weighted by Crippen LogP contribution is 2.24. The molecule has 0 unspecified atom stereocenters. The summed E-state index contributed by atoms with van der Waals surface area (Å²) in [4.78, 5) is 29.6. The van der Waals surface area contributed by atoms with Crippen LogP contribution in [0.1, 0.15) is 10.5 Å². The molecule has 122 valence electrons. The van der Waals surface area contributed by atoms with E-state index in [1.54, 1.807) is 18.5 Å². The highest BCUT2D eigenvalue weighted by Gasteiger charge is 2.10. The molecule has 2 heterocycles. The molecule has 0 saturated carbocycles. The lowest BCUT2D eigenvalue weighted by Crippen LogP contribution is -2.34. The molecule has 1 aromatic carbocycles. The van der Waals surface area contributed by atoms with E-state index in [4.69, 9.17) is 5.11 Å². The minimum atomic E-state index is -1.11. The SMILES string of the molecule is O=C(O)NCCNC(=O)c1cc2cc(-c3cccnc3)ccc2[nH]1. The fourth-order valence-electron chi connectivity index (χ4n) is 2.41. The summed E-state index contributed by atoms with van der Waals surface area (Å²) in [5.41, 5.74) is 3.32. The molecule has 2 amide bonds. The summed E-state index contributed by atoms with van der Waals surface area (Å²) in [5.74, 6) is -0.277. The van der Waals surface area contributed by atoms with Crippen LogP contribution in [0.4, 0.5) is 4.79 Å². The molecule has 0 aliphatic heterocycles. The molecule has 0 saturated heterocycles. The minimum Gasteiger partial charge on any atom is -0.465 e. The molecule has 3 aromatic rings. The quantitative estimate of drug-likeness (QED) is 0.540. The Hall–Kier alpha value is -3.35. The van der Waals surface area contributed by atoms with Gasteiger partial charge in [-0.1, -0.05) is 12.1 Å². The molecular weight excluding hydrogens is 308 g/mol. The van der Waals surface area contributed by atoms with Crippen molar-refractivity contribution >= 4 is 22.9 Å². The highest BCUT2D eigenvalue weighted by atomic mass is 16.4. The molecule has 4 N–H and O–H groups in total. The third kappa shape index (κ3) is 3.52. The van der Waals surface area contributed by atoms with Gasteiger partial charge in [0.25, 0.3) is 5.91 Å². The average molecular weight is 324 g/mol. The third-order valence-electron chi connectivity index (χ3n) is 3.55. The minimum absolute atomic E-state index is 0.159. The number of rotatable bonds is 5. The number of nitrogens with one attached hydrogen (secondary N) is 3. The predicted molar refractivity (Wildman–Crippen MR) is 89.9 cm³/mol. The van der Waals surface area contributed by atoms with E-state index in [9.17, 15) is 9.59 Å². The number of H-pyrrole nitrogens is 1. The fourth-order valence-corrected chi connectivity index (χ4v) is 2.41. The van der Waals surface area contributed by atoms with Crippen molar-refractivity contribution in [2.75, 3.05) is 13.1 Å². The Bertz CT molecular complexity index is 874. The van der Waals surface area contributed by atoms with Crippen LogP contribution < -0.4 is 10.6 Å². The Labute approximate surface area is 137 Å². The molecule has 0 radical (unpaired) electrons. The number of hydrogen-bond acceptors (Lipinski definition) is 3. The number of amides is 2. The Morgan fingerprint density at radius 1 is 1.08 bits per heavy atom. The molecule has 7 nitrogen and oxygen atoms in total. The molecule has 24 heavy (non-hydrogen) atoms. The van der Waals surface area contributed by atoms with E-state index >= 15 is 0 Å². The summed E-state index contributed by atoms with van der Waals surface area (Å²) in [6.45, 7) is 0.383. The second-order valence-electron chi connectivity index (χ2n) is 5.21. The summed E-state index contributed by atoms with van der Waals surface area (Å²) in [6.07, 6.45) is 2.40. The Balaban J connectivity index is 1.74. The van der Waals surface area contributed by atoms with Gasteiger partial charge in [-0.2, -0.15) is 0 Å². The van der Waals surface area contributed by atoms with Crippen LogP contribution in [0, 0.1) is 0 Å². The van der Waals surface area contributed by atoms with E-state index in [0.29, 0.717) is 5.69 Å². The van der Waals surface area contributed by atoms with Crippen LogP contribution in [0.25, 0.3) is 22.0 Å². The van der Waals surface area contributed by atoms with Crippen LogP contribution in [-0.4, -0.2) is 40.2 Å². The molecule has 0 bridgehead atoms. The number of aromatic nitrogens is 2. The lowest BCUT2D eigenvalue weighted by atomic mass is 10.1. The number of aromatic amines is 1. The van der Waals surface area contributed by atoms with Crippen molar-refractivity contribution in [3.8, 4) is 11.1 Å². The van der Waals surface area contributed by atoms with Gasteiger partial charge in [-0.25, -0.2) is 4.79 Å². The zero-order valence-electron chi connectivity index (χ0n) is 12.7. The van der Waals surface area contributed by atoms with Gasteiger partial charge in [0.1, 0.15) is 5.69 Å². The molecule has 0 fully saturated rings. The van der Waals surface area contributed by atoms with E-state index in [2.05, 4.69) is 20.6 Å². The Morgan fingerprint density at radius 2 is 1.92 bits per heavy atom. The lowest BCUT2D eigenvalue weighted by molar-refractivity contribution is 0.0949. The van der Waals surface area contributed by atoms with Crippen LogP contribution in [-0.2, 0) is 0 Å². The standard InChI is InChI=1S/C17H16N4O3/c22-16(19-6-7-20-17(23)24)15-9-13-8-11(3-4-14(13)21-15)12-2-1-5-18-10-12/h1-5,8-10,20-21H,6-7H2,(H,19,22)(H,23,24). The van der Waals surface area contributed by atoms with Gasteiger partial charge in [0, 0.05) is 41.9 Å². The largest absolute Gasteiger partial charge is 0.465 e. The molecule has 7 heteroatoms. The van der Waals surface area contributed by atoms with Gasteiger partial charge in [0.2, 0.25) is 0 Å². The van der Waals surface area contributed by atoms with Crippen LogP contribution in [0.5, 0.6) is 0 Å². The zero-order chi connectivity index (χ0) is 16.9. The van der Waals surface area contributed by atoms with Crippen LogP contribution in [0.15, 0.2) is 48.8 Å². The van der Waals surface area contributed by atoms with Crippen molar-refractivity contribution in [3.05, 3.63) is 54.5 Å². The number of hydrogen-bond donors (Lipinski definition) is 4. The smallest absolute Gasteiger partial charge is 0.404 e. The van der Waals surface area contributed by atoms with Gasteiger partial charge in [0.05, 0.1) is 0 Å². The van der Waals surface area contributed by atoms with Crippen molar-refractivity contribution < 1.29 is 14.7 Å². The van der Waals surface area contributed by atoms with Crippen molar-refractivity contribution in [2.45, 2.75) is 0 Å². The van der Waals surface area contributed by atoms with Gasteiger partial charge in [-0.3, -0.25) is 9.78 Å². The first-order valence-electron chi connectivity index (χ1n) is 7.41. The maximum absolute atomic E-state index is 12.1. The van der Waals surface area contributed by atoms with Crippen LogP contribution in [0.2, 0.25) is 0 Å². The second kappa shape index (κ2) is 6.82. The van der Waals surface area contributed by atoms with Gasteiger partial charge in [-0.05, 0) is 29.8 Å². The summed E-state index contributed by atoms with van der Waals surface area (Å²) >= 11 is 0. The maximum atomic E-state index is 12.1. The van der Waals surface area contributed by atoms with Gasteiger partial charge in [-0.15, -0.1) is 0 Å². The number of nitrogens with zero attached hydrogens (tertiary/aromatic N) is 1. The molecule has 3 rings (SSSR count). The van der Waals surface area contributed by atoms with E-state index in [1.165, 1.54) is 0 Å². The van der Waals surface area contributed by atoms with Crippen LogP contribution in [0.3, 0.4) is 0 Å². The molecule has 0 aliphatic carbocycles. The normalized spacial score (nSPS) is 10.5. The Kier molecular flexibility index (Phi) is 4.42. The van der Waals surface area contributed by atoms with Crippen molar-refractivity contribution in [3.63, 3.8) is 0 Å². The fraction of sp³-hybridized carbons (Fsp3) is 0.118. The highest BCUT2D eigenvalue weighted by molar-refractivity contribution is 5.98. The first-order valence-corrected chi connectivity index (χ1v) is 7.41. The van der Waals surface area contributed by atoms with Gasteiger partial charge >= 0.3 is 6.09 Å². The number of fused-ring (bicyclic) bond motifs is 1. The molecule has 0 aliphatic rings. The van der Waals surface area contributed by atoms with E-state index in [0.717, 1.165) is 22.0 Å². The number of carboxylic acid groups (broad SMARTS) is 1. The van der Waals surface area contributed by atoms with Crippen molar-refractivity contribution in [1.82, 2.24) is 20.6 Å². The molecule has 0 spiro atoms. The predicted octanol–water partition coefficient (Wildman–Crippen LogP) is 2.23. The molecular formula is C17H16N4O3. The van der Waals surface area contributed by atoms with Gasteiger partial charge in [0.15, 0.2) is 0 Å². The topological polar surface area (TPSA) is 107 Å². The number of carbonyl (C=O) groups excluding carboxylic acids is 1. The number of pyridine rings is 1.